The summed E-state index contributed by atoms with van der Waals surface area (Å²) in [5.74, 6) is -0.0227. The van der Waals surface area contributed by atoms with Crippen molar-refractivity contribution in [3.8, 4) is 0 Å². The maximum Gasteiger partial charge on any atom is 0.266 e. The molecule has 0 saturated carbocycles. The first-order valence-electron chi connectivity index (χ1n) is 4.85. The van der Waals surface area contributed by atoms with Gasteiger partial charge in [-0.25, -0.2) is 9.37 Å². The predicted molar refractivity (Wildman–Crippen MR) is 72.0 cm³/mol. The van der Waals surface area contributed by atoms with Gasteiger partial charge in [-0.05, 0) is 41.1 Å². The molecule has 0 fully saturated rings. The molecule has 6 heteroatoms. The second kappa shape index (κ2) is 4.82. The highest BCUT2D eigenvalue weighted by Gasteiger charge is 2.10. The van der Waals surface area contributed by atoms with Crippen molar-refractivity contribution >= 4 is 34.1 Å². The summed E-state index contributed by atoms with van der Waals surface area (Å²) >= 11 is 1.86. The minimum Gasteiger partial charge on any atom is -0.337 e. The number of halogens is 2. The standard InChI is InChI=1S/C11H9FIN3O/c1-6-3-2-4-7(12)9(6)16-10-8(13)11(17)15-5-14-10/h2-5H,1H3,(H2,14,15,16,17). The first-order chi connectivity index (χ1) is 8.09. The monoisotopic (exact) mass is 345 g/mol. The molecule has 0 aliphatic carbocycles. The van der Waals surface area contributed by atoms with E-state index in [4.69, 9.17) is 0 Å². The Morgan fingerprint density at radius 1 is 1.47 bits per heavy atom. The Balaban J connectivity index is 2.45. The smallest absolute Gasteiger partial charge is 0.266 e. The number of anilines is 2. The van der Waals surface area contributed by atoms with E-state index in [9.17, 15) is 9.18 Å². The Kier molecular flexibility index (Phi) is 3.41. The van der Waals surface area contributed by atoms with E-state index in [1.54, 1.807) is 19.1 Å². The van der Waals surface area contributed by atoms with Gasteiger partial charge in [0.15, 0.2) is 5.82 Å². The number of aryl methyl sites for hydroxylation is 1. The molecule has 4 nitrogen and oxygen atoms in total. The van der Waals surface area contributed by atoms with Gasteiger partial charge in [-0.1, -0.05) is 12.1 Å². The van der Waals surface area contributed by atoms with Crippen LogP contribution in [-0.2, 0) is 0 Å². The predicted octanol–water partition coefficient (Wildman–Crippen LogP) is 2.57. The van der Waals surface area contributed by atoms with Crippen LogP contribution in [0.15, 0.2) is 29.3 Å². The van der Waals surface area contributed by atoms with Crippen molar-refractivity contribution < 1.29 is 4.39 Å². The lowest BCUT2D eigenvalue weighted by atomic mass is 10.2. The van der Waals surface area contributed by atoms with E-state index in [2.05, 4.69) is 15.3 Å². The Morgan fingerprint density at radius 3 is 2.94 bits per heavy atom. The molecule has 2 rings (SSSR count). The second-order valence-corrected chi connectivity index (χ2v) is 4.53. The van der Waals surface area contributed by atoms with Crippen LogP contribution in [0.25, 0.3) is 0 Å². The number of nitrogens with one attached hydrogen (secondary N) is 2. The molecule has 1 aromatic heterocycles. The Bertz CT molecular complexity index is 592. The Hall–Kier alpha value is -1.44. The number of aromatic amines is 1. The molecule has 2 N–H and O–H groups in total. The van der Waals surface area contributed by atoms with E-state index in [1.165, 1.54) is 12.4 Å². The zero-order chi connectivity index (χ0) is 12.4. The minimum atomic E-state index is -0.372. The molecule has 0 spiro atoms. The molecule has 0 amide bonds. The van der Waals surface area contributed by atoms with Crippen molar-refractivity contribution in [3.63, 3.8) is 0 Å². The number of hydrogen-bond acceptors (Lipinski definition) is 3. The van der Waals surface area contributed by atoms with Crippen molar-refractivity contribution in [2.24, 2.45) is 0 Å². The van der Waals surface area contributed by atoms with Crippen LogP contribution in [0.2, 0.25) is 0 Å². The van der Waals surface area contributed by atoms with Gasteiger partial charge in [0.05, 0.1) is 12.0 Å². The lowest BCUT2D eigenvalue weighted by Crippen LogP contribution is -2.13. The van der Waals surface area contributed by atoms with Crippen LogP contribution in [0.4, 0.5) is 15.9 Å². The van der Waals surface area contributed by atoms with E-state index in [-0.39, 0.29) is 11.4 Å². The number of hydrogen-bond donors (Lipinski definition) is 2. The Morgan fingerprint density at radius 2 is 2.24 bits per heavy atom. The molecule has 0 radical (unpaired) electrons. The summed E-state index contributed by atoms with van der Waals surface area (Å²) in [4.78, 5) is 17.8. The normalized spacial score (nSPS) is 10.3. The van der Waals surface area contributed by atoms with Gasteiger partial charge in [-0.2, -0.15) is 0 Å². The van der Waals surface area contributed by atoms with E-state index < -0.39 is 0 Å². The molecular formula is C11H9FIN3O. The number of nitrogens with zero attached hydrogens (tertiary/aromatic N) is 1. The molecule has 1 aromatic carbocycles. The van der Waals surface area contributed by atoms with Crippen LogP contribution in [-0.4, -0.2) is 9.97 Å². The highest BCUT2D eigenvalue weighted by atomic mass is 127. The number of benzene rings is 1. The van der Waals surface area contributed by atoms with Crippen molar-refractivity contribution in [2.75, 3.05) is 5.32 Å². The van der Waals surface area contributed by atoms with Crippen LogP contribution in [0.5, 0.6) is 0 Å². The third kappa shape index (κ3) is 2.46. The first kappa shape index (κ1) is 12.0. The average Bonchev–Trinajstić information content (AvgIpc) is 2.29. The largest absolute Gasteiger partial charge is 0.337 e. The van der Waals surface area contributed by atoms with Crippen molar-refractivity contribution in [1.29, 1.82) is 0 Å². The maximum absolute atomic E-state index is 13.6. The Labute approximate surface area is 110 Å². The van der Waals surface area contributed by atoms with Gasteiger partial charge in [0, 0.05) is 0 Å². The summed E-state index contributed by atoms with van der Waals surface area (Å²) in [5, 5.41) is 2.84. The average molecular weight is 345 g/mol. The van der Waals surface area contributed by atoms with Gasteiger partial charge < -0.3 is 10.3 Å². The van der Waals surface area contributed by atoms with Gasteiger partial charge in [0.25, 0.3) is 5.56 Å². The first-order valence-corrected chi connectivity index (χ1v) is 5.93. The number of para-hydroxylation sites is 1. The van der Waals surface area contributed by atoms with Gasteiger partial charge in [-0.15, -0.1) is 0 Å². The van der Waals surface area contributed by atoms with Crippen LogP contribution in [0.3, 0.4) is 0 Å². The topological polar surface area (TPSA) is 57.8 Å². The lowest BCUT2D eigenvalue weighted by Gasteiger charge is -2.10. The molecule has 0 bridgehead atoms. The molecule has 1 heterocycles. The summed E-state index contributed by atoms with van der Waals surface area (Å²) in [5.41, 5.74) is 0.837. The van der Waals surface area contributed by atoms with Crippen molar-refractivity contribution in [3.05, 3.63) is 49.8 Å². The fourth-order valence-corrected chi connectivity index (χ4v) is 1.81. The zero-order valence-electron chi connectivity index (χ0n) is 8.92. The van der Waals surface area contributed by atoms with Gasteiger partial charge >= 0.3 is 0 Å². The summed E-state index contributed by atoms with van der Waals surface area (Å²) in [6, 6.07) is 4.77. The van der Waals surface area contributed by atoms with Crippen molar-refractivity contribution in [1.82, 2.24) is 9.97 Å². The minimum absolute atomic E-state index is 0.253. The highest BCUT2D eigenvalue weighted by Crippen LogP contribution is 2.23. The van der Waals surface area contributed by atoms with Gasteiger partial charge in [0.2, 0.25) is 0 Å². The van der Waals surface area contributed by atoms with E-state index in [0.717, 1.165) is 5.56 Å². The quantitative estimate of drug-likeness (QED) is 0.823. The molecule has 88 valence electrons. The zero-order valence-corrected chi connectivity index (χ0v) is 11.1. The van der Waals surface area contributed by atoms with Crippen molar-refractivity contribution in [2.45, 2.75) is 6.92 Å². The third-order valence-corrected chi connectivity index (χ3v) is 3.26. The maximum atomic E-state index is 13.6. The number of H-pyrrole nitrogens is 1. The van der Waals surface area contributed by atoms with Crippen LogP contribution < -0.4 is 10.9 Å². The molecular weight excluding hydrogens is 336 g/mol. The summed E-state index contributed by atoms with van der Waals surface area (Å²) in [6.45, 7) is 1.78. The summed E-state index contributed by atoms with van der Waals surface area (Å²) in [6.07, 6.45) is 1.28. The highest BCUT2D eigenvalue weighted by molar-refractivity contribution is 14.1. The van der Waals surface area contributed by atoms with E-state index in [0.29, 0.717) is 15.1 Å². The molecule has 0 atom stereocenters. The molecule has 0 saturated heterocycles. The van der Waals surface area contributed by atoms with Crippen LogP contribution >= 0.6 is 22.6 Å². The van der Waals surface area contributed by atoms with Crippen LogP contribution in [0.1, 0.15) is 5.56 Å². The van der Waals surface area contributed by atoms with E-state index >= 15 is 0 Å². The van der Waals surface area contributed by atoms with Gasteiger partial charge in [-0.3, -0.25) is 4.79 Å². The second-order valence-electron chi connectivity index (χ2n) is 3.45. The fraction of sp³-hybridized carbons (Fsp3) is 0.0909. The number of rotatable bonds is 2. The summed E-state index contributed by atoms with van der Waals surface area (Å²) in [7, 11) is 0. The molecule has 2 aromatic rings. The molecule has 0 aliphatic heterocycles. The molecule has 0 aliphatic rings. The lowest BCUT2D eigenvalue weighted by molar-refractivity contribution is 0.630. The fourth-order valence-electron chi connectivity index (χ4n) is 1.38. The number of aromatic nitrogens is 2. The molecule has 0 unspecified atom stereocenters. The van der Waals surface area contributed by atoms with Gasteiger partial charge in [0.1, 0.15) is 9.39 Å². The summed E-state index contributed by atoms with van der Waals surface area (Å²) < 4.78 is 14.0. The van der Waals surface area contributed by atoms with Crippen LogP contribution in [0, 0.1) is 16.3 Å². The SMILES string of the molecule is Cc1cccc(F)c1Nc1nc[nH]c(=O)c1I. The third-order valence-electron chi connectivity index (χ3n) is 2.26. The molecule has 17 heavy (non-hydrogen) atoms. The van der Waals surface area contributed by atoms with E-state index in [1.807, 2.05) is 22.6 Å².